The lowest BCUT2D eigenvalue weighted by atomic mass is 10.2. The molecule has 0 saturated heterocycles. The fourth-order valence-electron chi connectivity index (χ4n) is 1.50. The predicted molar refractivity (Wildman–Crippen MR) is 57.5 cm³/mol. The van der Waals surface area contributed by atoms with Crippen molar-refractivity contribution in [3.8, 4) is 11.4 Å². The number of hydrogen-bond donors (Lipinski definition) is 1. The first-order valence-corrected chi connectivity index (χ1v) is 5.15. The van der Waals surface area contributed by atoms with Crippen molar-refractivity contribution >= 4 is 0 Å². The Labute approximate surface area is 101 Å². The minimum atomic E-state index is -4.64. The van der Waals surface area contributed by atoms with Gasteiger partial charge in [-0.15, -0.1) is 0 Å². The Morgan fingerprint density at radius 3 is 2.72 bits per heavy atom. The number of halogens is 3. The summed E-state index contributed by atoms with van der Waals surface area (Å²) < 4.78 is 38.1. The van der Waals surface area contributed by atoms with E-state index < -0.39 is 18.8 Å². The topological polar surface area (TPSA) is 50.9 Å². The number of aromatic nitrogens is 3. The summed E-state index contributed by atoms with van der Waals surface area (Å²) in [5, 5.41) is 9.04. The van der Waals surface area contributed by atoms with Crippen LogP contribution in [0, 0.1) is 0 Å². The highest BCUT2D eigenvalue weighted by Gasteiger charge is 2.38. The molecular formula is C11H10F3N3O. The molecule has 1 unspecified atom stereocenters. The molecule has 96 valence electrons. The van der Waals surface area contributed by atoms with Crippen molar-refractivity contribution in [1.29, 1.82) is 0 Å². The maximum absolute atomic E-state index is 12.3. The second-order valence-corrected chi connectivity index (χ2v) is 3.70. The van der Waals surface area contributed by atoms with Gasteiger partial charge in [-0.25, -0.2) is 4.98 Å². The summed E-state index contributed by atoms with van der Waals surface area (Å²) in [5.41, 5.74) is 0.594. The van der Waals surface area contributed by atoms with Crippen LogP contribution in [0.2, 0.25) is 0 Å². The molecule has 1 N–H and O–H groups in total. The van der Waals surface area contributed by atoms with Crippen LogP contribution in [0.3, 0.4) is 0 Å². The van der Waals surface area contributed by atoms with Crippen LogP contribution in [0.5, 0.6) is 0 Å². The molecule has 0 fully saturated rings. The molecule has 0 aliphatic rings. The molecule has 2 aromatic heterocycles. The lowest BCUT2D eigenvalue weighted by Crippen LogP contribution is -2.32. The van der Waals surface area contributed by atoms with Crippen molar-refractivity contribution in [2.75, 3.05) is 0 Å². The number of aliphatic hydroxyl groups is 1. The van der Waals surface area contributed by atoms with Crippen molar-refractivity contribution in [1.82, 2.24) is 14.5 Å². The van der Waals surface area contributed by atoms with Gasteiger partial charge in [0.25, 0.3) is 0 Å². The van der Waals surface area contributed by atoms with Crippen molar-refractivity contribution in [2.45, 2.75) is 18.8 Å². The van der Waals surface area contributed by atoms with Gasteiger partial charge in [0.15, 0.2) is 6.10 Å². The molecule has 0 aliphatic carbocycles. The lowest BCUT2D eigenvalue weighted by Gasteiger charge is -2.16. The molecule has 2 heterocycles. The van der Waals surface area contributed by atoms with Gasteiger partial charge in [0.1, 0.15) is 5.82 Å². The maximum Gasteiger partial charge on any atom is 0.416 e. The van der Waals surface area contributed by atoms with Gasteiger partial charge in [-0.05, 0) is 12.1 Å². The van der Waals surface area contributed by atoms with Crippen LogP contribution >= 0.6 is 0 Å². The van der Waals surface area contributed by atoms with Crippen molar-refractivity contribution in [3.63, 3.8) is 0 Å². The molecule has 2 aromatic rings. The summed E-state index contributed by atoms with van der Waals surface area (Å²) in [6, 6.07) is 3.35. The highest BCUT2D eigenvalue weighted by atomic mass is 19.4. The van der Waals surface area contributed by atoms with Crippen LogP contribution in [-0.2, 0) is 6.54 Å². The molecule has 18 heavy (non-hydrogen) atoms. The highest BCUT2D eigenvalue weighted by molar-refractivity contribution is 5.53. The zero-order chi connectivity index (χ0) is 13.2. The van der Waals surface area contributed by atoms with Gasteiger partial charge in [-0.1, -0.05) is 0 Å². The Bertz CT molecular complexity index is 510. The van der Waals surface area contributed by atoms with Crippen molar-refractivity contribution in [3.05, 3.63) is 36.9 Å². The van der Waals surface area contributed by atoms with Gasteiger partial charge >= 0.3 is 6.18 Å². The number of aliphatic hydroxyl groups excluding tert-OH is 1. The minimum Gasteiger partial charge on any atom is -0.382 e. The van der Waals surface area contributed by atoms with E-state index in [1.807, 2.05) is 0 Å². The molecule has 0 aliphatic heterocycles. The van der Waals surface area contributed by atoms with Gasteiger partial charge in [-0.3, -0.25) is 4.98 Å². The average Bonchev–Trinajstić information content (AvgIpc) is 2.77. The van der Waals surface area contributed by atoms with Crippen molar-refractivity contribution < 1.29 is 18.3 Å². The molecule has 0 aromatic carbocycles. The first-order chi connectivity index (χ1) is 8.48. The first-order valence-electron chi connectivity index (χ1n) is 5.15. The van der Waals surface area contributed by atoms with Crippen LogP contribution < -0.4 is 0 Å². The summed E-state index contributed by atoms with van der Waals surface area (Å²) in [6.45, 7) is -0.590. The van der Waals surface area contributed by atoms with Crippen LogP contribution in [0.25, 0.3) is 11.4 Å². The van der Waals surface area contributed by atoms with Crippen LogP contribution in [0.4, 0.5) is 13.2 Å². The third-order valence-corrected chi connectivity index (χ3v) is 2.38. The Kier molecular flexibility index (Phi) is 3.33. The van der Waals surface area contributed by atoms with Crippen LogP contribution in [0.1, 0.15) is 0 Å². The van der Waals surface area contributed by atoms with Gasteiger partial charge in [0.2, 0.25) is 0 Å². The summed E-state index contributed by atoms with van der Waals surface area (Å²) in [4.78, 5) is 7.84. The average molecular weight is 257 g/mol. The Morgan fingerprint density at radius 2 is 2.11 bits per heavy atom. The molecule has 4 nitrogen and oxygen atoms in total. The van der Waals surface area contributed by atoms with E-state index in [9.17, 15) is 13.2 Å². The number of nitrogens with zero attached hydrogens (tertiary/aromatic N) is 3. The molecule has 1 atom stereocenters. The van der Waals surface area contributed by atoms with Crippen molar-refractivity contribution in [2.24, 2.45) is 0 Å². The van der Waals surface area contributed by atoms with Crippen LogP contribution in [0.15, 0.2) is 36.9 Å². The fourth-order valence-corrected chi connectivity index (χ4v) is 1.50. The monoisotopic (exact) mass is 257 g/mol. The summed E-state index contributed by atoms with van der Waals surface area (Å²) in [5.74, 6) is 0.339. The van der Waals surface area contributed by atoms with E-state index in [2.05, 4.69) is 9.97 Å². The van der Waals surface area contributed by atoms with E-state index in [0.717, 1.165) is 0 Å². The highest BCUT2D eigenvalue weighted by Crippen LogP contribution is 2.23. The van der Waals surface area contributed by atoms with E-state index >= 15 is 0 Å². The zero-order valence-electron chi connectivity index (χ0n) is 9.17. The smallest absolute Gasteiger partial charge is 0.382 e. The predicted octanol–water partition coefficient (Wildman–Crippen LogP) is 1.87. The number of rotatable bonds is 3. The minimum absolute atomic E-state index is 0.339. The molecule has 0 amide bonds. The van der Waals surface area contributed by atoms with Gasteiger partial charge < -0.3 is 9.67 Å². The number of imidazole rings is 1. The molecule has 0 radical (unpaired) electrons. The summed E-state index contributed by atoms with van der Waals surface area (Å²) >= 11 is 0. The third kappa shape index (κ3) is 2.67. The summed E-state index contributed by atoms with van der Waals surface area (Å²) in [6.07, 6.45) is -1.23. The standard InChI is InChI=1S/C11H10F3N3O/c12-11(13,14)9(18)7-17-5-4-16-10(17)8-2-1-3-15-6-8/h1-6,9,18H,7H2. The normalized spacial score (nSPS) is 13.6. The molecule has 0 bridgehead atoms. The third-order valence-electron chi connectivity index (χ3n) is 2.38. The van der Waals surface area contributed by atoms with E-state index in [1.54, 1.807) is 18.3 Å². The quantitative estimate of drug-likeness (QED) is 0.913. The second-order valence-electron chi connectivity index (χ2n) is 3.70. The fraction of sp³-hybridized carbons (Fsp3) is 0.273. The Balaban J connectivity index is 2.24. The molecule has 7 heteroatoms. The van der Waals surface area contributed by atoms with Crippen LogP contribution in [-0.4, -0.2) is 31.9 Å². The van der Waals surface area contributed by atoms with E-state index in [4.69, 9.17) is 5.11 Å². The van der Waals surface area contributed by atoms with E-state index in [0.29, 0.717) is 11.4 Å². The second kappa shape index (κ2) is 4.77. The lowest BCUT2D eigenvalue weighted by molar-refractivity contribution is -0.207. The van der Waals surface area contributed by atoms with Gasteiger partial charge in [-0.2, -0.15) is 13.2 Å². The largest absolute Gasteiger partial charge is 0.416 e. The molecule has 2 rings (SSSR count). The Morgan fingerprint density at radius 1 is 1.33 bits per heavy atom. The van der Waals surface area contributed by atoms with Gasteiger partial charge in [0.05, 0.1) is 6.54 Å². The number of pyridine rings is 1. The molecular weight excluding hydrogens is 247 g/mol. The van der Waals surface area contributed by atoms with E-state index in [-0.39, 0.29) is 0 Å². The summed E-state index contributed by atoms with van der Waals surface area (Å²) in [7, 11) is 0. The zero-order valence-corrected chi connectivity index (χ0v) is 9.17. The first kappa shape index (κ1) is 12.6. The van der Waals surface area contributed by atoms with E-state index in [1.165, 1.54) is 23.2 Å². The Hall–Kier alpha value is -1.89. The van der Waals surface area contributed by atoms with Gasteiger partial charge in [0, 0.05) is 30.4 Å². The molecule has 0 spiro atoms. The SMILES string of the molecule is OC(Cn1ccnc1-c1cccnc1)C(F)(F)F. The molecule has 0 saturated carbocycles. The maximum atomic E-state index is 12.3. The number of hydrogen-bond acceptors (Lipinski definition) is 3. The number of alkyl halides is 3.